The molecule has 190 valence electrons. The van der Waals surface area contributed by atoms with Crippen LogP contribution < -0.4 is 25.0 Å². The van der Waals surface area contributed by atoms with Crippen molar-refractivity contribution in [3.05, 3.63) is 35.9 Å². The van der Waals surface area contributed by atoms with Crippen molar-refractivity contribution < 1.29 is 23.1 Å². The Kier molecular flexibility index (Phi) is 7.97. The zero-order valence-electron chi connectivity index (χ0n) is 19.9. The highest BCUT2D eigenvalue weighted by atomic mass is 32.2. The number of nitrogens with zero attached hydrogens (tertiary/aromatic N) is 2. The largest absolute Gasteiger partial charge is 0.493 e. The van der Waals surface area contributed by atoms with Gasteiger partial charge in [-0.1, -0.05) is 6.42 Å². The topological polar surface area (TPSA) is 133 Å². The molecule has 0 radical (unpaired) electrons. The minimum absolute atomic E-state index is 0.328. The first-order valence-electron chi connectivity index (χ1n) is 12.0. The number of aliphatic hydroxyl groups excluding tert-OH is 1. The summed E-state index contributed by atoms with van der Waals surface area (Å²) < 4.78 is 32.4. The zero-order valence-corrected chi connectivity index (χ0v) is 20.7. The number of hydrogen-bond donors (Lipinski definition) is 4. The van der Waals surface area contributed by atoms with Crippen molar-refractivity contribution in [2.45, 2.75) is 32.1 Å². The average molecular weight is 504 g/mol. The molecule has 1 aromatic carbocycles. The third-order valence-electron chi connectivity index (χ3n) is 6.39. The second-order valence-electron chi connectivity index (χ2n) is 8.95. The second kappa shape index (κ2) is 11.1. The van der Waals surface area contributed by atoms with Crippen LogP contribution in [0.2, 0.25) is 0 Å². The predicted molar refractivity (Wildman–Crippen MR) is 137 cm³/mol. The fourth-order valence-corrected chi connectivity index (χ4v) is 5.50. The number of aliphatic hydroxyl groups is 1. The third kappa shape index (κ3) is 6.34. The van der Waals surface area contributed by atoms with E-state index in [1.54, 1.807) is 37.4 Å². The van der Waals surface area contributed by atoms with Gasteiger partial charge < -0.3 is 25.4 Å². The van der Waals surface area contributed by atoms with E-state index in [2.05, 4.69) is 25.2 Å². The lowest BCUT2D eigenvalue weighted by Crippen LogP contribution is -2.36. The Morgan fingerprint density at radius 3 is 2.83 bits per heavy atom. The maximum atomic E-state index is 13.4. The van der Waals surface area contributed by atoms with Gasteiger partial charge in [0.15, 0.2) is 11.6 Å². The third-order valence-corrected chi connectivity index (χ3v) is 7.65. The molecule has 4 N–H and O–H groups in total. The fraction of sp³-hybridized carbons (Fsp3) is 0.500. The molecular formula is C24H33N5O5S. The molecule has 0 saturated carbocycles. The first-order chi connectivity index (χ1) is 16.9. The molecule has 1 fully saturated rings. The number of anilines is 4. The summed E-state index contributed by atoms with van der Waals surface area (Å²) in [7, 11) is -2.11. The number of benzene rings is 1. The lowest BCUT2D eigenvalue weighted by Gasteiger charge is -2.35. The van der Waals surface area contributed by atoms with Crippen LogP contribution in [0.5, 0.6) is 5.75 Å². The Bertz CT molecular complexity index is 1160. The summed E-state index contributed by atoms with van der Waals surface area (Å²) in [5, 5.41) is 15.3. The highest BCUT2D eigenvalue weighted by Crippen LogP contribution is 2.32. The number of ether oxygens (including phenoxy) is 1. The molecule has 2 aliphatic rings. The van der Waals surface area contributed by atoms with Crippen molar-refractivity contribution in [3.8, 4) is 5.75 Å². The smallest absolute Gasteiger partial charge is 0.258 e. The van der Waals surface area contributed by atoms with E-state index < -0.39 is 22.4 Å². The number of piperidine rings is 1. The highest BCUT2D eigenvalue weighted by Gasteiger charge is 2.25. The molecule has 0 aliphatic carbocycles. The predicted octanol–water partition coefficient (Wildman–Crippen LogP) is 2.89. The minimum atomic E-state index is -3.69. The van der Waals surface area contributed by atoms with Crippen molar-refractivity contribution in [1.29, 1.82) is 0 Å². The first-order valence-corrected chi connectivity index (χ1v) is 13.6. The lowest BCUT2D eigenvalue weighted by molar-refractivity contribution is 0.102. The molecule has 0 spiro atoms. The molecule has 1 atom stereocenters. The second-order valence-corrected chi connectivity index (χ2v) is 10.8. The van der Waals surface area contributed by atoms with Gasteiger partial charge in [-0.25, -0.2) is 13.4 Å². The summed E-state index contributed by atoms with van der Waals surface area (Å²) >= 11 is 0. The Labute approximate surface area is 206 Å². The maximum absolute atomic E-state index is 13.4. The van der Waals surface area contributed by atoms with Gasteiger partial charge in [0, 0.05) is 19.6 Å². The molecule has 1 amide bonds. The van der Waals surface area contributed by atoms with Crippen LogP contribution in [-0.2, 0) is 10.0 Å². The molecule has 10 nitrogen and oxygen atoms in total. The maximum Gasteiger partial charge on any atom is 0.258 e. The summed E-state index contributed by atoms with van der Waals surface area (Å²) in [4.78, 5) is 20.1. The normalized spacial score (nSPS) is 18.9. The molecule has 2 aromatic rings. The molecule has 35 heavy (non-hydrogen) atoms. The molecule has 1 saturated heterocycles. The number of carbonyl (C=O) groups excluding carboxylic acids is 1. The van der Waals surface area contributed by atoms with Crippen LogP contribution in [-0.4, -0.2) is 63.5 Å². The standard InChI is InChI=1S/C24H33N5O5S/c1-34-21-9-10-22-26-23(21)25-11-3-2-5-17-6-4-12-29(16-17)20-15-18(28-35(32,33)14-13-30)7-8-19(20)24(31)27-22/h7-10,15,17,28,30H,2-6,11-14,16H2,1H3,(H2,25,26,27,31)/t17-/m1/s1. The highest BCUT2D eigenvalue weighted by molar-refractivity contribution is 7.92. The Morgan fingerprint density at radius 2 is 2.03 bits per heavy atom. The zero-order chi connectivity index (χ0) is 24.8. The van der Waals surface area contributed by atoms with Crippen molar-refractivity contribution in [2.24, 2.45) is 5.92 Å². The molecule has 0 unspecified atom stereocenters. The van der Waals surface area contributed by atoms with Crippen LogP contribution in [0.1, 0.15) is 42.5 Å². The number of sulfonamides is 1. The number of methoxy groups -OCH3 is 1. The summed E-state index contributed by atoms with van der Waals surface area (Å²) in [6.07, 6.45) is 5.27. The molecule has 3 heterocycles. The Hall–Kier alpha value is -3.05. The number of nitrogens with one attached hydrogen (secondary N) is 3. The van der Waals surface area contributed by atoms with Gasteiger partial charge in [0.2, 0.25) is 10.0 Å². The van der Waals surface area contributed by atoms with Gasteiger partial charge in [0.05, 0.1) is 36.4 Å². The van der Waals surface area contributed by atoms with Gasteiger partial charge >= 0.3 is 0 Å². The SMILES string of the molecule is COc1ccc2nc1NCCCC[C@@H]1CCCN(C1)c1cc(NS(=O)(=O)CCO)ccc1C(=O)N2. The Morgan fingerprint density at radius 1 is 1.20 bits per heavy atom. The van der Waals surface area contributed by atoms with E-state index in [0.717, 1.165) is 51.7 Å². The minimum Gasteiger partial charge on any atom is -0.493 e. The van der Waals surface area contributed by atoms with Gasteiger partial charge in [0.25, 0.3) is 5.91 Å². The van der Waals surface area contributed by atoms with Crippen molar-refractivity contribution in [1.82, 2.24) is 4.98 Å². The molecule has 11 heteroatoms. The van der Waals surface area contributed by atoms with Gasteiger partial charge in [0.1, 0.15) is 5.82 Å². The van der Waals surface area contributed by atoms with Crippen LogP contribution in [0.4, 0.5) is 23.0 Å². The van der Waals surface area contributed by atoms with E-state index in [1.165, 1.54) is 0 Å². The summed E-state index contributed by atoms with van der Waals surface area (Å²) in [6, 6.07) is 8.36. The van der Waals surface area contributed by atoms with E-state index in [4.69, 9.17) is 9.84 Å². The van der Waals surface area contributed by atoms with Crippen molar-refractivity contribution in [3.63, 3.8) is 0 Å². The molecular weight excluding hydrogens is 470 g/mol. The van der Waals surface area contributed by atoms with Crippen LogP contribution in [0, 0.1) is 5.92 Å². The monoisotopic (exact) mass is 503 g/mol. The van der Waals surface area contributed by atoms with Gasteiger partial charge in [-0.15, -0.1) is 0 Å². The molecule has 4 bridgehead atoms. The van der Waals surface area contributed by atoms with Crippen LogP contribution in [0.25, 0.3) is 0 Å². The number of aromatic nitrogens is 1. The number of amides is 1. The van der Waals surface area contributed by atoms with Crippen molar-refractivity contribution >= 4 is 38.9 Å². The van der Waals surface area contributed by atoms with Crippen molar-refractivity contribution in [2.75, 3.05) is 59.4 Å². The van der Waals surface area contributed by atoms with E-state index in [1.807, 2.05) is 0 Å². The van der Waals surface area contributed by atoms with Crippen LogP contribution in [0.3, 0.4) is 0 Å². The van der Waals surface area contributed by atoms with Gasteiger partial charge in [-0.05, 0) is 61.9 Å². The van der Waals surface area contributed by atoms with E-state index in [-0.39, 0.29) is 5.91 Å². The molecule has 4 rings (SSSR count). The summed E-state index contributed by atoms with van der Waals surface area (Å²) in [6.45, 7) is 1.88. The lowest BCUT2D eigenvalue weighted by atomic mass is 9.92. The molecule has 2 aliphatic heterocycles. The van der Waals surface area contributed by atoms with Gasteiger partial charge in [-0.2, -0.15) is 0 Å². The van der Waals surface area contributed by atoms with E-state index in [9.17, 15) is 13.2 Å². The summed E-state index contributed by atoms with van der Waals surface area (Å²) in [5.74, 6) is 1.35. The Balaban J connectivity index is 1.71. The van der Waals surface area contributed by atoms with Crippen LogP contribution in [0.15, 0.2) is 30.3 Å². The number of hydrogen-bond acceptors (Lipinski definition) is 8. The quantitative estimate of drug-likeness (QED) is 0.490. The number of carbonyl (C=O) groups is 1. The van der Waals surface area contributed by atoms with Gasteiger partial charge in [-0.3, -0.25) is 9.52 Å². The fourth-order valence-electron chi connectivity index (χ4n) is 4.67. The number of pyridine rings is 1. The number of rotatable bonds is 5. The van der Waals surface area contributed by atoms with E-state index >= 15 is 0 Å². The number of fused-ring (bicyclic) bond motifs is 6. The first kappa shape index (κ1) is 25.1. The van der Waals surface area contributed by atoms with E-state index in [0.29, 0.717) is 40.2 Å². The molecule has 1 aromatic heterocycles. The summed E-state index contributed by atoms with van der Waals surface area (Å²) in [5.41, 5.74) is 1.48. The average Bonchev–Trinajstić information content (AvgIpc) is 2.83. The van der Waals surface area contributed by atoms with Crippen LogP contribution >= 0.6 is 0 Å².